The van der Waals surface area contributed by atoms with Gasteiger partial charge in [0.25, 0.3) is 0 Å². The van der Waals surface area contributed by atoms with Crippen LogP contribution in [-0.2, 0) is 23.1 Å². The van der Waals surface area contributed by atoms with Gasteiger partial charge in [-0.25, -0.2) is 0 Å². The summed E-state index contributed by atoms with van der Waals surface area (Å²) >= 11 is 6.09. The van der Waals surface area contributed by atoms with E-state index in [-0.39, 0.29) is 12.5 Å². The Bertz CT molecular complexity index is 406. The average Bonchev–Trinajstić information content (AvgIpc) is 2.56. The zero-order valence-corrected chi connectivity index (χ0v) is 11.7. The molecule has 0 saturated carbocycles. The van der Waals surface area contributed by atoms with Gasteiger partial charge in [0.15, 0.2) is 0 Å². The number of methoxy groups -OCH3 is 1. The molecule has 0 spiro atoms. The quantitative estimate of drug-likeness (QED) is 0.699. The van der Waals surface area contributed by atoms with Crippen LogP contribution in [0.4, 0.5) is 0 Å². The van der Waals surface area contributed by atoms with Crippen molar-refractivity contribution in [3.05, 3.63) is 16.4 Å². The summed E-state index contributed by atoms with van der Waals surface area (Å²) in [6, 6.07) is 0. The molecule has 1 aromatic rings. The number of aromatic nitrogens is 2. The zero-order valence-electron chi connectivity index (χ0n) is 10.9. The van der Waals surface area contributed by atoms with E-state index in [9.17, 15) is 4.79 Å². The lowest BCUT2D eigenvalue weighted by molar-refractivity contribution is -0.120. The summed E-state index contributed by atoms with van der Waals surface area (Å²) < 4.78 is 6.55. The van der Waals surface area contributed by atoms with Gasteiger partial charge in [-0.3, -0.25) is 9.48 Å². The largest absolute Gasteiger partial charge is 0.383 e. The maximum atomic E-state index is 11.4. The fraction of sp³-hybridized carbons (Fsp3) is 0.636. The lowest BCUT2D eigenvalue weighted by Gasteiger charge is -2.07. The fourth-order valence-electron chi connectivity index (χ4n) is 1.52. The number of hydrogen-bond acceptors (Lipinski definition) is 4. The van der Waals surface area contributed by atoms with Crippen molar-refractivity contribution in [2.24, 2.45) is 7.05 Å². The summed E-state index contributed by atoms with van der Waals surface area (Å²) in [7, 11) is 3.42. The van der Waals surface area contributed by atoms with E-state index >= 15 is 0 Å². The van der Waals surface area contributed by atoms with Gasteiger partial charge in [-0.15, -0.1) is 0 Å². The highest BCUT2D eigenvalue weighted by molar-refractivity contribution is 6.31. The van der Waals surface area contributed by atoms with Gasteiger partial charge in [0.2, 0.25) is 5.91 Å². The van der Waals surface area contributed by atoms with E-state index in [0.29, 0.717) is 24.7 Å². The Labute approximate surface area is 112 Å². The Hall–Kier alpha value is -1.11. The third kappa shape index (κ3) is 4.29. The van der Waals surface area contributed by atoms with Crippen LogP contribution in [0.3, 0.4) is 0 Å². The van der Waals surface area contributed by atoms with Gasteiger partial charge in [0.1, 0.15) is 0 Å². The molecule has 2 N–H and O–H groups in total. The number of halogens is 1. The third-order valence-corrected chi connectivity index (χ3v) is 2.96. The van der Waals surface area contributed by atoms with Crippen molar-refractivity contribution in [3.8, 4) is 0 Å². The standard InChI is InChI=1S/C11H19ClN4O2/c1-8-11(12)9(16(2)15-8)6-13-7-10(17)14-4-5-18-3/h13H,4-7H2,1-3H3,(H,14,17). The molecule has 0 aliphatic heterocycles. The van der Waals surface area contributed by atoms with Gasteiger partial charge in [0.05, 0.1) is 29.6 Å². The first-order valence-electron chi connectivity index (χ1n) is 5.70. The van der Waals surface area contributed by atoms with Crippen molar-refractivity contribution in [3.63, 3.8) is 0 Å². The molecule has 0 aliphatic carbocycles. The van der Waals surface area contributed by atoms with Gasteiger partial charge in [-0.1, -0.05) is 11.6 Å². The SMILES string of the molecule is COCCNC(=O)CNCc1c(Cl)c(C)nn1C. The summed E-state index contributed by atoms with van der Waals surface area (Å²) in [5.41, 5.74) is 1.67. The molecule has 0 fully saturated rings. The predicted octanol–water partition coefficient (Wildman–Crippen LogP) is 0.234. The third-order valence-electron chi connectivity index (χ3n) is 2.47. The molecule has 1 amide bonds. The molecule has 0 unspecified atom stereocenters. The molecular weight excluding hydrogens is 256 g/mol. The number of ether oxygens (including phenoxy) is 1. The molecule has 0 bridgehead atoms. The number of hydrogen-bond donors (Lipinski definition) is 2. The Kier molecular flexibility index (Phi) is 6.11. The molecule has 1 aromatic heterocycles. The Morgan fingerprint density at radius 2 is 2.28 bits per heavy atom. The summed E-state index contributed by atoms with van der Waals surface area (Å²) in [5.74, 6) is -0.0675. The first-order chi connectivity index (χ1) is 8.56. The first-order valence-corrected chi connectivity index (χ1v) is 6.08. The average molecular weight is 275 g/mol. The van der Waals surface area contributed by atoms with Crippen LogP contribution in [0.1, 0.15) is 11.4 Å². The van der Waals surface area contributed by atoms with Crippen LogP contribution in [0, 0.1) is 6.92 Å². The van der Waals surface area contributed by atoms with Crippen LogP contribution >= 0.6 is 11.6 Å². The second kappa shape index (κ2) is 7.35. The van der Waals surface area contributed by atoms with Gasteiger partial charge < -0.3 is 15.4 Å². The highest BCUT2D eigenvalue weighted by Gasteiger charge is 2.10. The van der Waals surface area contributed by atoms with Crippen molar-refractivity contribution in [1.29, 1.82) is 0 Å². The highest BCUT2D eigenvalue weighted by Crippen LogP contribution is 2.18. The minimum Gasteiger partial charge on any atom is -0.383 e. The number of carbonyl (C=O) groups is 1. The molecule has 0 aromatic carbocycles. The van der Waals surface area contributed by atoms with Crippen molar-refractivity contribution in [2.75, 3.05) is 26.8 Å². The molecule has 18 heavy (non-hydrogen) atoms. The molecule has 102 valence electrons. The second-order valence-electron chi connectivity index (χ2n) is 3.92. The fourth-order valence-corrected chi connectivity index (χ4v) is 1.75. The number of nitrogens with zero attached hydrogens (tertiary/aromatic N) is 2. The zero-order chi connectivity index (χ0) is 13.5. The normalized spacial score (nSPS) is 10.7. The van der Waals surface area contributed by atoms with E-state index in [2.05, 4.69) is 15.7 Å². The number of amides is 1. The highest BCUT2D eigenvalue weighted by atomic mass is 35.5. The van der Waals surface area contributed by atoms with Crippen molar-refractivity contribution < 1.29 is 9.53 Å². The molecule has 1 heterocycles. The van der Waals surface area contributed by atoms with Gasteiger partial charge >= 0.3 is 0 Å². The molecule has 0 saturated heterocycles. The van der Waals surface area contributed by atoms with Gasteiger partial charge in [-0.05, 0) is 6.92 Å². The van der Waals surface area contributed by atoms with Crippen molar-refractivity contribution >= 4 is 17.5 Å². The van der Waals surface area contributed by atoms with Crippen LogP contribution in [0.5, 0.6) is 0 Å². The number of aryl methyl sites for hydroxylation is 2. The summed E-state index contributed by atoms with van der Waals surface area (Å²) in [5, 5.41) is 10.6. The predicted molar refractivity (Wildman–Crippen MR) is 69.5 cm³/mol. The van der Waals surface area contributed by atoms with Gasteiger partial charge in [0, 0.05) is 27.2 Å². The van der Waals surface area contributed by atoms with Crippen LogP contribution in [0.25, 0.3) is 0 Å². The number of nitrogens with one attached hydrogen (secondary N) is 2. The van der Waals surface area contributed by atoms with E-state index in [4.69, 9.17) is 16.3 Å². The molecular formula is C11H19ClN4O2. The minimum absolute atomic E-state index is 0.0675. The van der Waals surface area contributed by atoms with Crippen molar-refractivity contribution in [2.45, 2.75) is 13.5 Å². The van der Waals surface area contributed by atoms with Crippen LogP contribution in [0.15, 0.2) is 0 Å². The number of carbonyl (C=O) groups excluding carboxylic acids is 1. The minimum atomic E-state index is -0.0675. The summed E-state index contributed by atoms with van der Waals surface area (Å²) in [6.45, 7) is 3.63. The second-order valence-corrected chi connectivity index (χ2v) is 4.29. The van der Waals surface area contributed by atoms with E-state index < -0.39 is 0 Å². The number of rotatable bonds is 7. The molecule has 0 atom stereocenters. The first kappa shape index (κ1) is 14.9. The van der Waals surface area contributed by atoms with Crippen LogP contribution < -0.4 is 10.6 Å². The Morgan fingerprint density at radius 1 is 1.56 bits per heavy atom. The van der Waals surface area contributed by atoms with E-state index in [1.165, 1.54) is 0 Å². The lowest BCUT2D eigenvalue weighted by Crippen LogP contribution is -2.35. The Morgan fingerprint density at radius 3 is 2.83 bits per heavy atom. The summed E-state index contributed by atoms with van der Waals surface area (Å²) in [6.07, 6.45) is 0. The smallest absolute Gasteiger partial charge is 0.234 e. The lowest BCUT2D eigenvalue weighted by atomic mass is 10.3. The van der Waals surface area contributed by atoms with E-state index in [0.717, 1.165) is 11.4 Å². The maximum absolute atomic E-state index is 11.4. The van der Waals surface area contributed by atoms with E-state index in [1.54, 1.807) is 11.8 Å². The maximum Gasteiger partial charge on any atom is 0.234 e. The van der Waals surface area contributed by atoms with Crippen LogP contribution in [-0.4, -0.2) is 42.5 Å². The van der Waals surface area contributed by atoms with Gasteiger partial charge in [-0.2, -0.15) is 5.10 Å². The van der Waals surface area contributed by atoms with Crippen LogP contribution in [0.2, 0.25) is 5.02 Å². The van der Waals surface area contributed by atoms with E-state index in [1.807, 2.05) is 14.0 Å². The monoisotopic (exact) mass is 274 g/mol. The molecule has 0 radical (unpaired) electrons. The molecule has 0 aliphatic rings. The Balaban J connectivity index is 2.31. The molecule has 6 nitrogen and oxygen atoms in total. The van der Waals surface area contributed by atoms with Crippen molar-refractivity contribution in [1.82, 2.24) is 20.4 Å². The molecule has 7 heteroatoms. The summed E-state index contributed by atoms with van der Waals surface area (Å²) in [4.78, 5) is 11.4. The topological polar surface area (TPSA) is 68.2 Å². The molecule has 1 rings (SSSR count).